The van der Waals surface area contributed by atoms with Gasteiger partial charge < -0.3 is 14.2 Å². The first kappa shape index (κ1) is 19.3. The lowest BCUT2D eigenvalue weighted by Gasteiger charge is -2.18. The van der Waals surface area contributed by atoms with Crippen molar-refractivity contribution in [3.63, 3.8) is 0 Å². The van der Waals surface area contributed by atoms with Crippen molar-refractivity contribution in [2.24, 2.45) is 0 Å². The summed E-state index contributed by atoms with van der Waals surface area (Å²) < 4.78 is 17.5. The number of aromatic nitrogens is 4. The molecule has 0 atom stereocenters. The van der Waals surface area contributed by atoms with Gasteiger partial charge in [0, 0.05) is 5.56 Å². The van der Waals surface area contributed by atoms with E-state index in [4.69, 9.17) is 14.2 Å². The number of benzene rings is 2. The normalized spacial score (nSPS) is 13.0. The number of rotatable bonds is 6. The monoisotopic (exact) mass is 406 g/mol. The minimum Gasteiger partial charge on any atom is -0.486 e. The van der Waals surface area contributed by atoms with E-state index in [2.05, 4.69) is 15.5 Å². The molecule has 0 saturated carbocycles. The number of tetrazole rings is 1. The topological polar surface area (TPSA) is 105 Å². The Bertz CT molecular complexity index is 1110. The molecule has 0 radical (unpaired) electrons. The summed E-state index contributed by atoms with van der Waals surface area (Å²) in [5, 5.41) is 11.2. The molecule has 0 spiro atoms. The summed E-state index contributed by atoms with van der Waals surface area (Å²) in [5.41, 5.74) is 1.22. The van der Waals surface area contributed by atoms with E-state index in [9.17, 15) is 9.59 Å². The Labute approximate surface area is 171 Å². The van der Waals surface area contributed by atoms with Gasteiger partial charge in [0.1, 0.15) is 13.2 Å². The molecule has 0 fully saturated rings. The molecule has 0 amide bonds. The predicted molar refractivity (Wildman–Crippen MR) is 106 cm³/mol. The second kappa shape index (κ2) is 8.56. The second-order valence-electron chi connectivity index (χ2n) is 6.44. The number of carbonyl (C=O) groups excluding carboxylic acids is 2. The van der Waals surface area contributed by atoms with Crippen molar-refractivity contribution in [2.75, 3.05) is 19.8 Å². The second-order valence-corrected chi connectivity index (χ2v) is 6.44. The van der Waals surface area contributed by atoms with Gasteiger partial charge in [0.2, 0.25) is 0 Å². The minimum atomic E-state index is -0.722. The third-order valence-electron chi connectivity index (χ3n) is 4.36. The first-order valence-corrected chi connectivity index (χ1v) is 9.24. The van der Waals surface area contributed by atoms with Crippen LogP contribution in [0.4, 0.5) is 0 Å². The van der Waals surface area contributed by atoms with Gasteiger partial charge in [0.15, 0.2) is 35.4 Å². The highest BCUT2D eigenvalue weighted by Gasteiger charge is 2.20. The summed E-state index contributed by atoms with van der Waals surface area (Å²) in [7, 11) is 0. The Morgan fingerprint density at radius 3 is 2.60 bits per heavy atom. The Morgan fingerprint density at radius 1 is 1.10 bits per heavy atom. The molecule has 0 N–H and O–H groups in total. The fourth-order valence-corrected chi connectivity index (χ4v) is 2.87. The summed E-state index contributed by atoms with van der Waals surface area (Å²) in [5.74, 6) is 0.393. The van der Waals surface area contributed by atoms with Crippen LogP contribution in [0.2, 0.25) is 0 Å². The van der Waals surface area contributed by atoms with Crippen molar-refractivity contribution in [1.82, 2.24) is 20.2 Å². The van der Waals surface area contributed by atoms with Crippen LogP contribution in [-0.4, -0.2) is 51.8 Å². The van der Waals surface area contributed by atoms with Crippen LogP contribution >= 0.6 is 0 Å². The third kappa shape index (κ3) is 4.19. The lowest BCUT2D eigenvalue weighted by Crippen LogP contribution is -2.20. The summed E-state index contributed by atoms with van der Waals surface area (Å²) in [6, 6.07) is 14.0. The van der Waals surface area contributed by atoms with Gasteiger partial charge in [-0.25, -0.2) is 4.79 Å². The molecule has 2 aromatic carbocycles. The van der Waals surface area contributed by atoms with E-state index in [1.165, 1.54) is 4.68 Å². The average molecular weight is 406 g/mol. The van der Waals surface area contributed by atoms with Gasteiger partial charge in [-0.2, -0.15) is 4.68 Å². The first-order valence-electron chi connectivity index (χ1n) is 9.24. The van der Waals surface area contributed by atoms with E-state index in [1.54, 1.807) is 31.2 Å². The van der Waals surface area contributed by atoms with Crippen molar-refractivity contribution in [3.05, 3.63) is 65.5 Å². The van der Waals surface area contributed by atoms with E-state index in [-0.39, 0.29) is 11.5 Å². The van der Waals surface area contributed by atoms with Crippen molar-refractivity contribution in [3.8, 4) is 11.5 Å². The average Bonchev–Trinajstić information content (AvgIpc) is 3.21. The van der Waals surface area contributed by atoms with E-state index in [0.717, 1.165) is 5.56 Å². The molecule has 1 aliphatic rings. The number of ketones is 1. The number of hydrogen-bond acceptors (Lipinski definition) is 8. The van der Waals surface area contributed by atoms with Crippen molar-refractivity contribution < 1.29 is 23.8 Å². The Balaban J connectivity index is 1.51. The van der Waals surface area contributed by atoms with E-state index >= 15 is 0 Å². The van der Waals surface area contributed by atoms with Crippen LogP contribution in [0.3, 0.4) is 0 Å². The molecule has 1 aromatic heterocycles. The zero-order valence-electron chi connectivity index (χ0n) is 16.1. The van der Waals surface area contributed by atoms with Crippen LogP contribution in [0.1, 0.15) is 21.7 Å². The summed E-state index contributed by atoms with van der Waals surface area (Å²) in [4.78, 5) is 25.3. The molecule has 30 heavy (non-hydrogen) atoms. The van der Waals surface area contributed by atoms with Crippen LogP contribution in [0.15, 0.2) is 48.5 Å². The molecular weight excluding hydrogens is 388 g/mol. The number of ether oxygens (including phenoxy) is 3. The largest absolute Gasteiger partial charge is 0.486 e. The summed E-state index contributed by atoms with van der Waals surface area (Å²) >= 11 is 0. The molecule has 0 bridgehead atoms. The van der Waals surface area contributed by atoms with Gasteiger partial charge in [0.05, 0.1) is 0 Å². The van der Waals surface area contributed by atoms with Crippen molar-refractivity contribution in [2.45, 2.75) is 6.92 Å². The molecule has 9 heteroatoms. The molecule has 0 unspecified atom stereocenters. The number of esters is 1. The quantitative estimate of drug-likeness (QED) is 0.348. The van der Waals surface area contributed by atoms with Crippen LogP contribution in [0.5, 0.6) is 11.5 Å². The van der Waals surface area contributed by atoms with Gasteiger partial charge in [-0.05, 0) is 47.2 Å². The zero-order chi connectivity index (χ0) is 20.9. The SMILES string of the molecule is Cc1nnnn1/C(=C/c1ccccc1)C(=O)OCC(=O)c1ccc2c(c1)OCCO2. The number of fused-ring (bicyclic) bond motifs is 1. The van der Waals surface area contributed by atoms with Crippen LogP contribution < -0.4 is 9.47 Å². The maximum absolute atomic E-state index is 12.8. The number of hydrogen-bond donors (Lipinski definition) is 0. The molecule has 0 saturated heterocycles. The van der Waals surface area contributed by atoms with Crippen LogP contribution in [0, 0.1) is 6.92 Å². The Morgan fingerprint density at radius 2 is 1.87 bits per heavy atom. The molecule has 1 aliphatic heterocycles. The zero-order valence-corrected chi connectivity index (χ0v) is 16.1. The molecule has 9 nitrogen and oxygen atoms in total. The highest BCUT2D eigenvalue weighted by atomic mass is 16.6. The van der Waals surface area contributed by atoms with Crippen molar-refractivity contribution >= 4 is 23.5 Å². The van der Waals surface area contributed by atoms with Gasteiger partial charge >= 0.3 is 5.97 Å². The molecule has 0 aliphatic carbocycles. The van der Waals surface area contributed by atoms with Crippen molar-refractivity contribution in [1.29, 1.82) is 0 Å². The molecule has 4 rings (SSSR count). The summed E-state index contributed by atoms with van der Waals surface area (Å²) in [6.07, 6.45) is 1.60. The first-order chi connectivity index (χ1) is 14.6. The van der Waals surface area contributed by atoms with Gasteiger partial charge in [-0.3, -0.25) is 4.79 Å². The minimum absolute atomic E-state index is 0.0960. The third-order valence-corrected chi connectivity index (χ3v) is 4.36. The van der Waals surface area contributed by atoms with Gasteiger partial charge in [-0.1, -0.05) is 30.3 Å². The molecule has 2 heterocycles. The number of nitrogens with zero attached hydrogens (tertiary/aromatic N) is 4. The maximum atomic E-state index is 12.8. The lowest BCUT2D eigenvalue weighted by molar-refractivity contribution is -0.136. The molecule has 3 aromatic rings. The number of carbonyl (C=O) groups is 2. The molecular formula is C21H18N4O5. The highest BCUT2D eigenvalue weighted by Crippen LogP contribution is 2.30. The standard InChI is InChI=1S/C21H18N4O5/c1-14-22-23-24-25(14)17(11-15-5-3-2-4-6-15)21(27)30-13-18(26)16-7-8-19-20(12-16)29-10-9-28-19/h2-8,11-12H,9-10,13H2,1H3/b17-11+. The predicted octanol–water partition coefficient (Wildman–Crippen LogP) is 2.18. The summed E-state index contributed by atoms with van der Waals surface area (Å²) in [6.45, 7) is 2.10. The lowest BCUT2D eigenvalue weighted by atomic mass is 10.1. The Hall–Kier alpha value is -4.01. The highest BCUT2D eigenvalue weighted by molar-refractivity contribution is 6.16. The maximum Gasteiger partial charge on any atom is 0.357 e. The molecule has 152 valence electrons. The van der Waals surface area contributed by atoms with Crippen LogP contribution in [0.25, 0.3) is 11.8 Å². The smallest absolute Gasteiger partial charge is 0.357 e. The van der Waals surface area contributed by atoms with E-state index in [0.29, 0.717) is 36.1 Å². The van der Waals surface area contributed by atoms with E-state index < -0.39 is 12.6 Å². The van der Waals surface area contributed by atoms with Gasteiger partial charge in [-0.15, -0.1) is 5.10 Å². The fourth-order valence-electron chi connectivity index (χ4n) is 2.87. The fraction of sp³-hybridized carbons (Fsp3) is 0.190. The number of Topliss-reactive ketones (excluding diaryl/α,β-unsaturated/α-hetero) is 1. The Kier molecular flexibility index (Phi) is 5.51. The number of aryl methyl sites for hydroxylation is 1. The van der Waals surface area contributed by atoms with Crippen LogP contribution in [-0.2, 0) is 9.53 Å². The van der Waals surface area contributed by atoms with E-state index in [1.807, 2.05) is 30.3 Å². The van der Waals surface area contributed by atoms with Gasteiger partial charge in [0.25, 0.3) is 0 Å².